The van der Waals surface area contributed by atoms with Crippen LogP contribution in [0.25, 0.3) is 0 Å². The summed E-state index contributed by atoms with van der Waals surface area (Å²) in [4.78, 5) is 18.9. The summed E-state index contributed by atoms with van der Waals surface area (Å²) in [5.41, 5.74) is 2.69. The lowest BCUT2D eigenvalue weighted by atomic mass is 10.1. The number of aromatic nitrogens is 1. The van der Waals surface area contributed by atoms with Crippen molar-refractivity contribution in [2.24, 2.45) is 0 Å². The fraction of sp³-hybridized carbons (Fsp3) is 0.400. The highest BCUT2D eigenvalue weighted by atomic mass is 16.2. The van der Waals surface area contributed by atoms with Gasteiger partial charge in [0.1, 0.15) is 5.69 Å². The zero-order chi connectivity index (χ0) is 16.8. The Bertz CT molecular complexity index is 646. The van der Waals surface area contributed by atoms with Crippen molar-refractivity contribution in [1.29, 1.82) is 0 Å². The van der Waals surface area contributed by atoms with Crippen molar-refractivity contribution in [3.8, 4) is 0 Å². The molecule has 1 fully saturated rings. The largest absolute Gasteiger partial charge is 0.377 e. The quantitative estimate of drug-likeness (QED) is 0.914. The van der Waals surface area contributed by atoms with Crippen LogP contribution in [0.1, 0.15) is 54.7 Å². The van der Waals surface area contributed by atoms with Crippen LogP contribution in [0, 0.1) is 0 Å². The first-order valence-electron chi connectivity index (χ1n) is 8.81. The van der Waals surface area contributed by atoms with Crippen LogP contribution < -0.4 is 5.32 Å². The molecule has 1 amide bonds. The van der Waals surface area contributed by atoms with Crippen molar-refractivity contribution in [3.05, 3.63) is 59.9 Å². The van der Waals surface area contributed by atoms with E-state index >= 15 is 0 Å². The summed E-state index contributed by atoms with van der Waals surface area (Å²) in [5.74, 6) is 0.0551. The van der Waals surface area contributed by atoms with Gasteiger partial charge in [-0.3, -0.25) is 4.79 Å². The van der Waals surface area contributed by atoms with Crippen LogP contribution in [-0.2, 0) is 0 Å². The zero-order valence-corrected chi connectivity index (χ0v) is 14.2. The number of benzene rings is 1. The van der Waals surface area contributed by atoms with Crippen LogP contribution in [0.4, 0.5) is 5.69 Å². The summed E-state index contributed by atoms with van der Waals surface area (Å²) >= 11 is 0. The van der Waals surface area contributed by atoms with Crippen molar-refractivity contribution in [2.75, 3.05) is 18.4 Å². The first-order chi connectivity index (χ1) is 11.7. The molecule has 0 saturated carbocycles. The van der Waals surface area contributed by atoms with E-state index in [1.165, 1.54) is 18.4 Å². The lowest BCUT2D eigenvalue weighted by Gasteiger charge is -2.20. The highest BCUT2D eigenvalue weighted by Gasteiger charge is 2.18. The van der Waals surface area contributed by atoms with Gasteiger partial charge in [0.25, 0.3) is 5.91 Å². The number of nitrogens with one attached hydrogen (secondary N) is 1. The number of nitrogens with zero attached hydrogens (tertiary/aromatic N) is 2. The number of rotatable bonds is 4. The number of hydrogen-bond donors (Lipinski definition) is 1. The maximum atomic E-state index is 12.6. The first-order valence-corrected chi connectivity index (χ1v) is 8.81. The van der Waals surface area contributed by atoms with Gasteiger partial charge in [-0.25, -0.2) is 4.98 Å². The van der Waals surface area contributed by atoms with E-state index in [0.717, 1.165) is 31.6 Å². The highest BCUT2D eigenvalue weighted by Crippen LogP contribution is 2.19. The Labute approximate surface area is 143 Å². The topological polar surface area (TPSA) is 45.2 Å². The molecule has 1 aromatic carbocycles. The van der Waals surface area contributed by atoms with E-state index in [1.54, 1.807) is 6.20 Å². The van der Waals surface area contributed by atoms with E-state index in [2.05, 4.69) is 29.4 Å². The molecule has 126 valence electrons. The minimum Gasteiger partial charge on any atom is -0.377 e. The molecule has 1 unspecified atom stereocenters. The molecule has 0 radical (unpaired) electrons. The van der Waals surface area contributed by atoms with Crippen LogP contribution in [-0.4, -0.2) is 28.9 Å². The number of pyridine rings is 1. The molecule has 1 aliphatic heterocycles. The van der Waals surface area contributed by atoms with E-state index in [0.29, 0.717) is 5.69 Å². The van der Waals surface area contributed by atoms with Crippen LogP contribution in [0.2, 0.25) is 0 Å². The van der Waals surface area contributed by atoms with Crippen molar-refractivity contribution >= 4 is 11.6 Å². The van der Waals surface area contributed by atoms with Gasteiger partial charge >= 0.3 is 0 Å². The van der Waals surface area contributed by atoms with Gasteiger partial charge in [-0.2, -0.15) is 0 Å². The maximum Gasteiger partial charge on any atom is 0.272 e. The average molecular weight is 323 g/mol. The average Bonchev–Trinajstić information content (AvgIpc) is 2.92. The Morgan fingerprint density at radius 3 is 2.38 bits per heavy atom. The summed E-state index contributed by atoms with van der Waals surface area (Å²) in [6, 6.07) is 14.3. The third-order valence-corrected chi connectivity index (χ3v) is 4.56. The Hall–Kier alpha value is -2.36. The molecule has 4 nitrogen and oxygen atoms in total. The third kappa shape index (κ3) is 4.13. The van der Waals surface area contributed by atoms with E-state index in [9.17, 15) is 4.79 Å². The predicted octanol–water partition coefficient (Wildman–Crippen LogP) is 4.27. The highest BCUT2D eigenvalue weighted by molar-refractivity contribution is 5.92. The monoisotopic (exact) mass is 323 g/mol. The Balaban J connectivity index is 1.63. The van der Waals surface area contributed by atoms with Crippen LogP contribution >= 0.6 is 0 Å². The predicted molar refractivity (Wildman–Crippen MR) is 97.1 cm³/mol. The van der Waals surface area contributed by atoms with Crippen LogP contribution in [0.3, 0.4) is 0 Å². The second kappa shape index (κ2) is 7.95. The van der Waals surface area contributed by atoms with E-state index in [1.807, 2.05) is 35.2 Å². The number of anilines is 1. The molecule has 0 aliphatic carbocycles. The number of likely N-dealkylation sites (tertiary alicyclic amines) is 1. The number of carbonyl (C=O) groups is 1. The Morgan fingerprint density at radius 2 is 1.75 bits per heavy atom. The molecule has 24 heavy (non-hydrogen) atoms. The summed E-state index contributed by atoms with van der Waals surface area (Å²) in [7, 11) is 0. The SMILES string of the molecule is CC(Nc1ccc(C(=O)N2CCCCCC2)nc1)c1ccccc1. The smallest absolute Gasteiger partial charge is 0.272 e. The molecular formula is C20H25N3O. The molecule has 4 heteroatoms. The van der Waals surface area contributed by atoms with Crippen molar-refractivity contribution < 1.29 is 4.79 Å². The first kappa shape index (κ1) is 16.5. The van der Waals surface area contributed by atoms with E-state index in [-0.39, 0.29) is 11.9 Å². The van der Waals surface area contributed by atoms with E-state index in [4.69, 9.17) is 0 Å². The van der Waals surface area contributed by atoms with E-state index < -0.39 is 0 Å². The molecule has 1 aromatic heterocycles. The Morgan fingerprint density at radius 1 is 1.04 bits per heavy atom. The van der Waals surface area contributed by atoms with Gasteiger partial charge in [0.15, 0.2) is 0 Å². The number of carbonyl (C=O) groups excluding carboxylic acids is 1. The lowest BCUT2D eigenvalue weighted by molar-refractivity contribution is 0.0756. The standard InChI is InChI=1S/C20H25N3O/c1-16(17-9-5-4-6-10-17)22-18-11-12-19(21-15-18)20(24)23-13-7-2-3-8-14-23/h4-6,9-12,15-16,22H,2-3,7-8,13-14H2,1H3. The fourth-order valence-electron chi connectivity index (χ4n) is 3.12. The number of hydrogen-bond acceptors (Lipinski definition) is 3. The maximum absolute atomic E-state index is 12.6. The van der Waals surface area contributed by atoms with Crippen LogP contribution in [0.15, 0.2) is 48.7 Å². The van der Waals surface area contributed by atoms with Gasteiger partial charge in [-0.15, -0.1) is 0 Å². The van der Waals surface area contributed by atoms with Crippen LogP contribution in [0.5, 0.6) is 0 Å². The second-order valence-electron chi connectivity index (χ2n) is 6.42. The lowest BCUT2D eigenvalue weighted by Crippen LogP contribution is -2.32. The van der Waals surface area contributed by atoms with Crippen molar-refractivity contribution in [1.82, 2.24) is 9.88 Å². The molecule has 0 spiro atoms. The molecule has 2 heterocycles. The molecule has 1 aliphatic rings. The van der Waals surface area contributed by atoms with Gasteiger partial charge in [0.05, 0.1) is 11.9 Å². The summed E-state index contributed by atoms with van der Waals surface area (Å²) in [5, 5.41) is 3.43. The van der Waals surface area contributed by atoms with Gasteiger partial charge in [0, 0.05) is 19.1 Å². The second-order valence-corrected chi connectivity index (χ2v) is 6.42. The van der Waals surface area contributed by atoms with Gasteiger partial charge in [-0.05, 0) is 37.5 Å². The number of amides is 1. The van der Waals surface area contributed by atoms with Crippen molar-refractivity contribution in [3.63, 3.8) is 0 Å². The fourth-order valence-corrected chi connectivity index (χ4v) is 3.12. The summed E-state index contributed by atoms with van der Waals surface area (Å²) in [6.45, 7) is 3.82. The molecule has 1 saturated heterocycles. The minimum atomic E-state index is 0.0551. The minimum absolute atomic E-state index is 0.0551. The molecule has 1 N–H and O–H groups in total. The summed E-state index contributed by atoms with van der Waals surface area (Å²) in [6.07, 6.45) is 6.39. The summed E-state index contributed by atoms with van der Waals surface area (Å²) < 4.78 is 0. The zero-order valence-electron chi connectivity index (χ0n) is 14.2. The molecular weight excluding hydrogens is 298 g/mol. The molecule has 1 atom stereocenters. The van der Waals surface area contributed by atoms with Crippen molar-refractivity contribution in [2.45, 2.75) is 38.6 Å². The van der Waals surface area contributed by atoms with Gasteiger partial charge in [0.2, 0.25) is 0 Å². The third-order valence-electron chi connectivity index (χ3n) is 4.56. The molecule has 3 rings (SSSR count). The normalized spacial score (nSPS) is 16.3. The molecule has 2 aromatic rings. The van der Waals surface area contributed by atoms with Gasteiger partial charge < -0.3 is 10.2 Å². The Kier molecular flexibility index (Phi) is 5.47. The van der Waals surface area contributed by atoms with Gasteiger partial charge in [-0.1, -0.05) is 43.2 Å². The molecule has 0 bridgehead atoms.